The number of nitrogens with one attached hydrogen (secondary N) is 2. The van der Waals surface area contributed by atoms with E-state index in [1.807, 2.05) is 13.8 Å². The maximum Gasteiger partial charge on any atom is 0.314 e. The van der Waals surface area contributed by atoms with Gasteiger partial charge in [-0.15, -0.1) is 0 Å². The summed E-state index contributed by atoms with van der Waals surface area (Å²) in [5.74, 6) is 0.0754. The highest BCUT2D eigenvalue weighted by Gasteiger charge is 2.08. The second-order valence-electron chi connectivity index (χ2n) is 2.82. The van der Waals surface area contributed by atoms with E-state index in [-0.39, 0.29) is 11.9 Å². The van der Waals surface area contributed by atoms with Crippen molar-refractivity contribution in [2.75, 3.05) is 26.7 Å². The van der Waals surface area contributed by atoms with Crippen molar-refractivity contribution in [2.24, 2.45) is 0 Å². The van der Waals surface area contributed by atoms with E-state index in [1.54, 1.807) is 11.9 Å². The van der Waals surface area contributed by atoms with Gasteiger partial charge >= 0.3 is 6.03 Å². The van der Waals surface area contributed by atoms with Gasteiger partial charge in [0.2, 0.25) is 5.91 Å². The van der Waals surface area contributed by atoms with Gasteiger partial charge in [0, 0.05) is 33.1 Å². The summed E-state index contributed by atoms with van der Waals surface area (Å²) in [6.45, 7) is 5.70. The maximum atomic E-state index is 11.4. The molecule has 0 radical (unpaired) electrons. The van der Waals surface area contributed by atoms with Crippen LogP contribution in [0.25, 0.3) is 0 Å². The third kappa shape index (κ3) is 4.69. The molecule has 3 amide bonds. The summed E-state index contributed by atoms with van der Waals surface area (Å²) in [6.07, 6.45) is 0.356. The van der Waals surface area contributed by atoms with Crippen LogP contribution in [-0.2, 0) is 4.79 Å². The van der Waals surface area contributed by atoms with Crippen molar-refractivity contribution >= 4 is 11.9 Å². The highest BCUT2D eigenvalue weighted by Crippen LogP contribution is 1.92. The van der Waals surface area contributed by atoms with Crippen LogP contribution in [0.15, 0.2) is 0 Å². The van der Waals surface area contributed by atoms with Crippen LogP contribution in [-0.4, -0.2) is 43.5 Å². The molecular weight excluding hydrogens is 182 g/mol. The molecule has 0 aliphatic carbocycles. The predicted molar refractivity (Wildman–Crippen MR) is 55.0 cm³/mol. The van der Waals surface area contributed by atoms with E-state index in [1.165, 1.54) is 0 Å². The Morgan fingerprint density at radius 1 is 1.21 bits per heavy atom. The van der Waals surface area contributed by atoms with Crippen LogP contribution in [0.5, 0.6) is 0 Å². The molecule has 14 heavy (non-hydrogen) atoms. The topological polar surface area (TPSA) is 61.4 Å². The predicted octanol–water partition coefficient (Wildman–Crippen LogP) is 0.174. The molecular formula is C9H19N3O2. The first-order chi connectivity index (χ1) is 6.65. The second-order valence-corrected chi connectivity index (χ2v) is 2.82. The molecule has 0 saturated carbocycles. The summed E-state index contributed by atoms with van der Waals surface area (Å²) >= 11 is 0. The van der Waals surface area contributed by atoms with Gasteiger partial charge in [0.1, 0.15) is 0 Å². The van der Waals surface area contributed by atoms with Crippen molar-refractivity contribution in [3.8, 4) is 0 Å². The second kappa shape index (κ2) is 7.17. The minimum absolute atomic E-state index is 0.0754. The molecule has 0 atom stereocenters. The molecule has 82 valence electrons. The van der Waals surface area contributed by atoms with Crippen molar-refractivity contribution in [1.29, 1.82) is 0 Å². The highest BCUT2D eigenvalue weighted by atomic mass is 16.2. The van der Waals surface area contributed by atoms with E-state index in [4.69, 9.17) is 0 Å². The molecule has 0 aliphatic rings. The molecule has 5 heteroatoms. The molecule has 2 N–H and O–H groups in total. The van der Waals surface area contributed by atoms with E-state index in [0.717, 1.165) is 13.1 Å². The number of rotatable bonds is 5. The molecule has 0 aromatic carbocycles. The Bertz CT molecular complexity index is 190. The zero-order valence-corrected chi connectivity index (χ0v) is 9.09. The quantitative estimate of drug-likeness (QED) is 0.666. The van der Waals surface area contributed by atoms with Crippen LogP contribution < -0.4 is 10.6 Å². The normalized spacial score (nSPS) is 9.36. The number of carbonyl (C=O) groups excluding carboxylic acids is 2. The first-order valence-electron chi connectivity index (χ1n) is 4.89. The summed E-state index contributed by atoms with van der Waals surface area (Å²) in [4.78, 5) is 23.9. The molecule has 0 heterocycles. The fraction of sp³-hybridized carbons (Fsp3) is 0.778. The number of hydrogen-bond acceptors (Lipinski definition) is 2. The SMILES string of the molecule is CCN(CC)C(=O)CCNC(=O)NC. The zero-order valence-electron chi connectivity index (χ0n) is 9.09. The zero-order chi connectivity index (χ0) is 11.0. The number of nitrogens with zero attached hydrogens (tertiary/aromatic N) is 1. The fourth-order valence-corrected chi connectivity index (χ4v) is 1.11. The number of hydrogen-bond donors (Lipinski definition) is 2. The molecule has 0 unspecified atom stereocenters. The Balaban J connectivity index is 3.67. The van der Waals surface area contributed by atoms with Gasteiger partial charge in [0.05, 0.1) is 0 Å². The lowest BCUT2D eigenvalue weighted by Gasteiger charge is -2.18. The third-order valence-corrected chi connectivity index (χ3v) is 1.97. The van der Waals surface area contributed by atoms with Crippen LogP contribution >= 0.6 is 0 Å². The Kier molecular flexibility index (Phi) is 6.53. The summed E-state index contributed by atoms with van der Waals surface area (Å²) in [5.41, 5.74) is 0. The van der Waals surface area contributed by atoms with Crippen LogP contribution in [0.2, 0.25) is 0 Å². The Labute approximate surface area is 84.8 Å². The van der Waals surface area contributed by atoms with Gasteiger partial charge in [-0.05, 0) is 13.8 Å². The summed E-state index contributed by atoms with van der Waals surface area (Å²) < 4.78 is 0. The minimum atomic E-state index is -0.252. The van der Waals surface area contributed by atoms with Gasteiger partial charge in [-0.25, -0.2) is 4.79 Å². The molecule has 5 nitrogen and oxygen atoms in total. The van der Waals surface area contributed by atoms with E-state index in [9.17, 15) is 9.59 Å². The van der Waals surface area contributed by atoms with Crippen LogP contribution in [0.4, 0.5) is 4.79 Å². The molecule has 0 spiro atoms. The van der Waals surface area contributed by atoms with Crippen LogP contribution in [0, 0.1) is 0 Å². The van der Waals surface area contributed by atoms with Gasteiger partial charge < -0.3 is 15.5 Å². The third-order valence-electron chi connectivity index (χ3n) is 1.97. The summed E-state index contributed by atoms with van der Waals surface area (Å²) in [6, 6.07) is -0.252. The molecule has 0 rings (SSSR count). The van der Waals surface area contributed by atoms with Crippen LogP contribution in [0.1, 0.15) is 20.3 Å². The molecule has 0 aromatic heterocycles. The smallest absolute Gasteiger partial charge is 0.314 e. The van der Waals surface area contributed by atoms with Gasteiger partial charge in [0.15, 0.2) is 0 Å². The Hall–Kier alpha value is -1.26. The van der Waals surface area contributed by atoms with E-state index in [2.05, 4.69) is 10.6 Å². The molecule has 0 aromatic rings. The molecule has 0 bridgehead atoms. The minimum Gasteiger partial charge on any atom is -0.343 e. The summed E-state index contributed by atoms with van der Waals surface area (Å²) in [5, 5.41) is 4.99. The molecule has 0 aliphatic heterocycles. The van der Waals surface area contributed by atoms with Crippen molar-refractivity contribution in [3.63, 3.8) is 0 Å². The molecule has 0 fully saturated rings. The van der Waals surface area contributed by atoms with Crippen LogP contribution in [0.3, 0.4) is 0 Å². The van der Waals surface area contributed by atoms with E-state index < -0.39 is 0 Å². The number of carbonyl (C=O) groups is 2. The van der Waals surface area contributed by atoms with E-state index in [0.29, 0.717) is 13.0 Å². The first-order valence-corrected chi connectivity index (χ1v) is 4.89. The highest BCUT2D eigenvalue weighted by molar-refractivity contribution is 5.78. The van der Waals surface area contributed by atoms with Crippen molar-refractivity contribution in [3.05, 3.63) is 0 Å². The standard InChI is InChI=1S/C9H19N3O2/c1-4-12(5-2)8(13)6-7-11-9(14)10-3/h4-7H2,1-3H3,(H2,10,11,14). The lowest BCUT2D eigenvalue weighted by Crippen LogP contribution is -2.37. The van der Waals surface area contributed by atoms with Crippen molar-refractivity contribution in [2.45, 2.75) is 20.3 Å². The van der Waals surface area contributed by atoms with Gasteiger partial charge in [-0.2, -0.15) is 0 Å². The number of amides is 3. The summed E-state index contributed by atoms with van der Waals surface area (Å²) in [7, 11) is 1.54. The lowest BCUT2D eigenvalue weighted by molar-refractivity contribution is -0.130. The molecule has 0 saturated heterocycles. The average Bonchev–Trinajstić information content (AvgIpc) is 2.19. The number of urea groups is 1. The van der Waals surface area contributed by atoms with E-state index >= 15 is 0 Å². The van der Waals surface area contributed by atoms with Gasteiger partial charge in [-0.1, -0.05) is 0 Å². The largest absolute Gasteiger partial charge is 0.343 e. The Morgan fingerprint density at radius 3 is 2.21 bits per heavy atom. The monoisotopic (exact) mass is 201 g/mol. The Morgan fingerprint density at radius 2 is 1.79 bits per heavy atom. The van der Waals surface area contributed by atoms with Gasteiger partial charge in [-0.3, -0.25) is 4.79 Å². The lowest BCUT2D eigenvalue weighted by atomic mass is 10.3. The maximum absolute atomic E-state index is 11.4. The van der Waals surface area contributed by atoms with Gasteiger partial charge in [0.25, 0.3) is 0 Å². The fourth-order valence-electron chi connectivity index (χ4n) is 1.11. The van der Waals surface area contributed by atoms with Crippen molar-refractivity contribution < 1.29 is 9.59 Å². The average molecular weight is 201 g/mol. The van der Waals surface area contributed by atoms with Crippen molar-refractivity contribution in [1.82, 2.24) is 15.5 Å². The first kappa shape index (κ1) is 12.7.